The highest BCUT2D eigenvalue weighted by atomic mass is 16.5. The van der Waals surface area contributed by atoms with Gasteiger partial charge in [0.1, 0.15) is 5.75 Å². The first-order chi connectivity index (χ1) is 17.7. The Kier molecular flexibility index (Phi) is 8.05. The van der Waals surface area contributed by atoms with Crippen LogP contribution in [-0.4, -0.2) is 72.6 Å². The van der Waals surface area contributed by atoms with Gasteiger partial charge in [0, 0.05) is 50.4 Å². The number of hydrazine groups is 1. The Morgan fingerprint density at radius 3 is 2.36 bits per heavy atom. The third kappa shape index (κ3) is 5.51. The second-order valence-corrected chi connectivity index (χ2v) is 10.5. The number of benzene rings is 2. The maximum Gasteiger partial charge on any atom is 0.265 e. The largest absolute Gasteiger partial charge is 0.497 e. The molecule has 192 valence electrons. The molecule has 0 spiro atoms. The molecule has 3 fully saturated rings. The third-order valence-corrected chi connectivity index (χ3v) is 8.13. The fraction of sp³-hybridized carbons (Fsp3) is 0.500. The van der Waals surface area contributed by atoms with E-state index in [4.69, 9.17) is 4.74 Å². The molecule has 3 heterocycles. The van der Waals surface area contributed by atoms with Gasteiger partial charge in [-0.2, -0.15) is 0 Å². The molecule has 3 aliphatic heterocycles. The number of rotatable bonds is 8. The normalized spacial score (nSPS) is 24.1. The van der Waals surface area contributed by atoms with Gasteiger partial charge in [0.15, 0.2) is 0 Å². The third-order valence-electron chi connectivity index (χ3n) is 8.13. The molecule has 6 heteroatoms. The quantitative estimate of drug-likeness (QED) is 0.549. The van der Waals surface area contributed by atoms with Gasteiger partial charge in [-0.05, 0) is 61.1 Å². The van der Waals surface area contributed by atoms with Crippen molar-refractivity contribution in [1.29, 1.82) is 0 Å². The summed E-state index contributed by atoms with van der Waals surface area (Å²) in [4.78, 5) is 18.2. The SMILES string of the molecule is C=CCN1C2CCC1CN(C(c1ccc(C(=O)NN3CCCCCC3)cc1)c1cccc(OC)c1)C2. The molecule has 1 N–H and O–H groups in total. The molecule has 6 nitrogen and oxygen atoms in total. The molecule has 0 radical (unpaired) electrons. The lowest BCUT2D eigenvalue weighted by Gasteiger charge is -2.44. The molecule has 2 aromatic rings. The number of fused-ring (bicyclic) bond motifs is 2. The first kappa shape index (κ1) is 25.0. The first-order valence-corrected chi connectivity index (χ1v) is 13.6. The highest BCUT2D eigenvalue weighted by Crippen LogP contribution is 2.38. The molecule has 2 bridgehead atoms. The number of piperazine rings is 1. The second-order valence-electron chi connectivity index (χ2n) is 10.5. The zero-order chi connectivity index (χ0) is 24.9. The Morgan fingerprint density at radius 1 is 1.03 bits per heavy atom. The minimum Gasteiger partial charge on any atom is -0.497 e. The van der Waals surface area contributed by atoms with Crippen molar-refractivity contribution in [3.63, 3.8) is 0 Å². The Labute approximate surface area is 215 Å². The van der Waals surface area contributed by atoms with Gasteiger partial charge in [-0.25, -0.2) is 5.01 Å². The zero-order valence-corrected chi connectivity index (χ0v) is 21.6. The van der Waals surface area contributed by atoms with Gasteiger partial charge >= 0.3 is 0 Å². The average Bonchev–Trinajstić information content (AvgIpc) is 3.08. The van der Waals surface area contributed by atoms with Crippen LogP contribution in [0.15, 0.2) is 61.2 Å². The lowest BCUT2D eigenvalue weighted by molar-refractivity contribution is 0.0582. The zero-order valence-electron chi connectivity index (χ0n) is 21.6. The summed E-state index contributed by atoms with van der Waals surface area (Å²) in [5.74, 6) is 0.858. The molecular formula is C30H40N4O2. The number of hydrogen-bond donors (Lipinski definition) is 1. The minimum atomic E-state index is -0.0162. The Balaban J connectivity index is 1.38. The molecule has 0 aromatic heterocycles. The Morgan fingerprint density at radius 2 is 1.72 bits per heavy atom. The summed E-state index contributed by atoms with van der Waals surface area (Å²) < 4.78 is 5.57. The van der Waals surface area contributed by atoms with Gasteiger partial charge < -0.3 is 4.74 Å². The van der Waals surface area contributed by atoms with Crippen LogP contribution in [0.1, 0.15) is 66.1 Å². The van der Waals surface area contributed by atoms with Crippen LogP contribution in [0.3, 0.4) is 0 Å². The number of nitrogens with one attached hydrogen (secondary N) is 1. The van der Waals surface area contributed by atoms with Crippen LogP contribution < -0.4 is 10.2 Å². The average molecular weight is 489 g/mol. The molecule has 0 saturated carbocycles. The standard InChI is InChI=1S/C30H40N4O2/c1-3-17-34-26-15-16-27(34)22-32(21-26)29(25-9-8-10-28(20-25)36-2)23-11-13-24(14-12-23)30(35)31-33-18-6-4-5-7-19-33/h3,8-14,20,26-27,29H,1,4-7,15-19,21-22H2,2H3,(H,31,35). The number of methoxy groups -OCH3 is 1. The van der Waals surface area contributed by atoms with Crippen molar-refractivity contribution < 1.29 is 9.53 Å². The van der Waals surface area contributed by atoms with Crippen molar-refractivity contribution in [1.82, 2.24) is 20.2 Å². The van der Waals surface area contributed by atoms with Crippen molar-refractivity contribution in [2.45, 2.75) is 56.7 Å². The number of nitrogens with zero attached hydrogens (tertiary/aromatic N) is 3. The minimum absolute atomic E-state index is 0.0162. The van der Waals surface area contributed by atoms with Crippen LogP contribution in [0.4, 0.5) is 0 Å². The maximum atomic E-state index is 13.0. The molecular weight excluding hydrogens is 448 g/mol. The van der Waals surface area contributed by atoms with E-state index >= 15 is 0 Å². The topological polar surface area (TPSA) is 48.0 Å². The summed E-state index contributed by atoms with van der Waals surface area (Å²) in [6, 6.07) is 17.9. The van der Waals surface area contributed by atoms with Crippen LogP contribution in [-0.2, 0) is 0 Å². The molecule has 3 unspecified atom stereocenters. The van der Waals surface area contributed by atoms with E-state index in [1.807, 2.05) is 24.3 Å². The van der Waals surface area contributed by atoms with E-state index in [1.165, 1.54) is 36.8 Å². The van der Waals surface area contributed by atoms with Crippen molar-refractivity contribution in [3.8, 4) is 5.75 Å². The smallest absolute Gasteiger partial charge is 0.265 e. The molecule has 2 aromatic carbocycles. The van der Waals surface area contributed by atoms with Gasteiger partial charge in [-0.3, -0.25) is 20.0 Å². The predicted molar refractivity (Wildman–Crippen MR) is 144 cm³/mol. The Hall–Kier alpha value is -2.67. The highest BCUT2D eigenvalue weighted by molar-refractivity contribution is 5.93. The summed E-state index contributed by atoms with van der Waals surface area (Å²) in [6.07, 6.45) is 9.31. The summed E-state index contributed by atoms with van der Waals surface area (Å²) >= 11 is 0. The lowest BCUT2D eigenvalue weighted by Crippen LogP contribution is -2.54. The van der Waals surface area contributed by atoms with Gasteiger partial charge in [0.05, 0.1) is 13.2 Å². The summed E-state index contributed by atoms with van der Waals surface area (Å²) in [5.41, 5.74) is 6.28. The molecule has 5 rings (SSSR count). The molecule has 3 aliphatic rings. The first-order valence-electron chi connectivity index (χ1n) is 13.6. The van der Waals surface area contributed by atoms with Crippen LogP contribution in [0.5, 0.6) is 5.75 Å². The number of hydrogen-bond acceptors (Lipinski definition) is 5. The van der Waals surface area contributed by atoms with Crippen LogP contribution in [0, 0.1) is 0 Å². The summed E-state index contributed by atoms with van der Waals surface area (Å²) in [5, 5.41) is 2.08. The van der Waals surface area contributed by atoms with Gasteiger partial charge in [0.25, 0.3) is 5.91 Å². The number of likely N-dealkylation sites (tertiary alicyclic amines) is 1. The van der Waals surface area contributed by atoms with E-state index in [1.54, 1.807) is 7.11 Å². The molecule has 1 amide bonds. The van der Waals surface area contributed by atoms with Gasteiger partial charge in [-0.15, -0.1) is 6.58 Å². The van der Waals surface area contributed by atoms with Crippen LogP contribution in [0.2, 0.25) is 0 Å². The van der Waals surface area contributed by atoms with Crippen molar-refractivity contribution in [2.75, 3.05) is 39.8 Å². The van der Waals surface area contributed by atoms with E-state index in [9.17, 15) is 4.79 Å². The van der Waals surface area contributed by atoms with E-state index in [-0.39, 0.29) is 11.9 Å². The van der Waals surface area contributed by atoms with Crippen LogP contribution >= 0.6 is 0 Å². The maximum absolute atomic E-state index is 13.0. The monoisotopic (exact) mass is 488 g/mol. The molecule has 3 atom stereocenters. The van der Waals surface area contributed by atoms with Gasteiger partial charge in [-0.1, -0.05) is 43.2 Å². The lowest BCUT2D eigenvalue weighted by atomic mass is 9.94. The second kappa shape index (κ2) is 11.6. The number of ether oxygens (including phenoxy) is 1. The van der Waals surface area contributed by atoms with Gasteiger partial charge in [0.2, 0.25) is 0 Å². The van der Waals surface area contributed by atoms with E-state index < -0.39 is 0 Å². The number of carbonyl (C=O) groups is 1. The predicted octanol–water partition coefficient (Wildman–Crippen LogP) is 4.64. The van der Waals surface area contributed by atoms with E-state index in [0.29, 0.717) is 17.6 Å². The van der Waals surface area contributed by atoms with Crippen LogP contribution in [0.25, 0.3) is 0 Å². The van der Waals surface area contributed by atoms with Crippen molar-refractivity contribution in [2.24, 2.45) is 0 Å². The van der Waals surface area contributed by atoms with Crippen molar-refractivity contribution in [3.05, 3.63) is 77.9 Å². The molecule has 3 saturated heterocycles. The summed E-state index contributed by atoms with van der Waals surface area (Å²) in [6.45, 7) is 8.87. The fourth-order valence-corrected chi connectivity index (χ4v) is 6.31. The number of amides is 1. The molecule has 0 aliphatic carbocycles. The number of carbonyl (C=O) groups excluding carboxylic acids is 1. The summed E-state index contributed by atoms with van der Waals surface area (Å²) in [7, 11) is 1.72. The Bertz CT molecular complexity index is 1020. The highest BCUT2D eigenvalue weighted by Gasteiger charge is 2.41. The van der Waals surface area contributed by atoms with Crippen molar-refractivity contribution >= 4 is 5.91 Å². The van der Waals surface area contributed by atoms with E-state index in [2.05, 4.69) is 57.1 Å². The van der Waals surface area contributed by atoms with E-state index in [0.717, 1.165) is 51.3 Å². The molecule has 36 heavy (non-hydrogen) atoms. The fourth-order valence-electron chi connectivity index (χ4n) is 6.31.